The topological polar surface area (TPSA) is 50.7 Å². The first-order valence-electron chi connectivity index (χ1n) is 8.06. The summed E-state index contributed by atoms with van der Waals surface area (Å²) in [5, 5.41) is 0. The molecule has 6 heteroatoms. The highest BCUT2D eigenvalue weighted by Gasteiger charge is 2.34. The molecule has 0 radical (unpaired) electrons. The normalized spacial score (nSPS) is 24.8. The zero-order valence-corrected chi connectivity index (χ0v) is 13.8. The van der Waals surface area contributed by atoms with Crippen LogP contribution in [0.25, 0.3) is 0 Å². The van der Waals surface area contributed by atoms with Gasteiger partial charge in [0, 0.05) is 39.4 Å². The smallest absolute Gasteiger partial charge is 0.134 e. The van der Waals surface area contributed by atoms with Crippen molar-refractivity contribution in [1.82, 2.24) is 9.97 Å². The number of hydrogen-bond acceptors (Lipinski definition) is 6. The maximum atomic E-state index is 6.08. The van der Waals surface area contributed by atoms with E-state index in [9.17, 15) is 0 Å². The molecule has 3 rings (SSSR count). The molecule has 1 atom stereocenters. The Morgan fingerprint density at radius 3 is 2.59 bits per heavy atom. The van der Waals surface area contributed by atoms with E-state index in [0.29, 0.717) is 6.61 Å². The van der Waals surface area contributed by atoms with Gasteiger partial charge in [0.2, 0.25) is 0 Å². The van der Waals surface area contributed by atoms with Crippen LogP contribution in [-0.2, 0) is 9.47 Å². The number of rotatable bonds is 4. The predicted molar refractivity (Wildman–Crippen MR) is 86.5 cm³/mol. The number of nitrogens with zero attached hydrogens (tertiary/aromatic N) is 4. The molecule has 22 heavy (non-hydrogen) atoms. The zero-order chi connectivity index (χ0) is 15.6. The van der Waals surface area contributed by atoms with Gasteiger partial charge in [0.15, 0.2) is 0 Å². The van der Waals surface area contributed by atoms with E-state index >= 15 is 0 Å². The molecule has 1 aromatic heterocycles. The Morgan fingerprint density at radius 2 is 1.91 bits per heavy atom. The van der Waals surface area contributed by atoms with Crippen LogP contribution >= 0.6 is 0 Å². The Balaban J connectivity index is 1.78. The first-order valence-corrected chi connectivity index (χ1v) is 8.06. The van der Waals surface area contributed by atoms with Crippen LogP contribution in [0.2, 0.25) is 0 Å². The van der Waals surface area contributed by atoms with E-state index in [1.54, 1.807) is 13.4 Å². The molecule has 0 bridgehead atoms. The van der Waals surface area contributed by atoms with Crippen LogP contribution in [0.5, 0.6) is 0 Å². The molecule has 122 valence electrons. The van der Waals surface area contributed by atoms with Crippen LogP contribution in [0.4, 0.5) is 11.6 Å². The molecule has 2 aliphatic heterocycles. The minimum atomic E-state index is -0.208. The van der Waals surface area contributed by atoms with Crippen LogP contribution in [0.3, 0.4) is 0 Å². The van der Waals surface area contributed by atoms with Crippen molar-refractivity contribution in [2.45, 2.75) is 38.4 Å². The van der Waals surface area contributed by atoms with Crippen LogP contribution in [0.15, 0.2) is 12.4 Å². The van der Waals surface area contributed by atoms with Crippen molar-refractivity contribution >= 4 is 11.6 Å². The third kappa shape index (κ3) is 3.50. The zero-order valence-electron chi connectivity index (χ0n) is 13.8. The minimum Gasteiger partial charge on any atom is -0.382 e. The fourth-order valence-electron chi connectivity index (χ4n) is 3.37. The van der Waals surface area contributed by atoms with Gasteiger partial charge in [-0.25, -0.2) is 9.97 Å². The summed E-state index contributed by atoms with van der Waals surface area (Å²) < 4.78 is 11.3. The molecule has 0 N–H and O–H groups in total. The molecule has 0 aliphatic carbocycles. The largest absolute Gasteiger partial charge is 0.382 e. The summed E-state index contributed by atoms with van der Waals surface area (Å²) in [5.74, 6) is 2.02. The van der Waals surface area contributed by atoms with Gasteiger partial charge in [-0.3, -0.25) is 0 Å². The van der Waals surface area contributed by atoms with Crippen LogP contribution in [-0.4, -0.2) is 61.6 Å². The maximum Gasteiger partial charge on any atom is 0.134 e. The lowest BCUT2D eigenvalue weighted by Crippen LogP contribution is -2.54. The van der Waals surface area contributed by atoms with Crippen LogP contribution in [0.1, 0.15) is 26.7 Å². The van der Waals surface area contributed by atoms with Crippen molar-refractivity contribution in [3.8, 4) is 0 Å². The third-order valence-electron chi connectivity index (χ3n) is 4.23. The predicted octanol–water partition coefficient (Wildman–Crippen LogP) is 1.71. The van der Waals surface area contributed by atoms with Crippen molar-refractivity contribution in [3.05, 3.63) is 12.4 Å². The summed E-state index contributed by atoms with van der Waals surface area (Å²) in [7, 11) is 1.71. The number of hydrogen-bond donors (Lipinski definition) is 0. The second kappa shape index (κ2) is 6.38. The quantitative estimate of drug-likeness (QED) is 0.844. The minimum absolute atomic E-state index is 0.0685. The van der Waals surface area contributed by atoms with Crippen molar-refractivity contribution in [2.24, 2.45) is 0 Å². The van der Waals surface area contributed by atoms with E-state index in [-0.39, 0.29) is 11.7 Å². The molecule has 0 spiro atoms. The van der Waals surface area contributed by atoms with Gasteiger partial charge in [-0.2, -0.15) is 0 Å². The van der Waals surface area contributed by atoms with Gasteiger partial charge in [0.25, 0.3) is 0 Å². The van der Waals surface area contributed by atoms with Crippen molar-refractivity contribution in [2.75, 3.05) is 49.7 Å². The number of aromatic nitrogens is 2. The third-order valence-corrected chi connectivity index (χ3v) is 4.23. The number of methoxy groups -OCH3 is 1. The van der Waals surface area contributed by atoms with E-state index in [0.717, 1.165) is 37.8 Å². The summed E-state index contributed by atoms with van der Waals surface area (Å²) in [6.45, 7) is 8.64. The van der Waals surface area contributed by atoms with Gasteiger partial charge in [0.05, 0.1) is 18.3 Å². The van der Waals surface area contributed by atoms with E-state index in [4.69, 9.17) is 9.47 Å². The van der Waals surface area contributed by atoms with Crippen molar-refractivity contribution in [3.63, 3.8) is 0 Å². The molecule has 2 saturated heterocycles. The Bertz CT molecular complexity index is 503. The Labute approximate surface area is 132 Å². The number of ether oxygens (including phenoxy) is 2. The molecule has 0 aromatic carbocycles. The second-order valence-corrected chi connectivity index (χ2v) is 6.76. The Morgan fingerprint density at radius 1 is 1.23 bits per heavy atom. The van der Waals surface area contributed by atoms with E-state index in [1.165, 1.54) is 12.8 Å². The Hall–Kier alpha value is -1.40. The van der Waals surface area contributed by atoms with Gasteiger partial charge in [-0.05, 0) is 26.7 Å². The monoisotopic (exact) mass is 306 g/mol. The van der Waals surface area contributed by atoms with Crippen molar-refractivity contribution in [1.29, 1.82) is 0 Å². The second-order valence-electron chi connectivity index (χ2n) is 6.76. The molecule has 6 nitrogen and oxygen atoms in total. The summed E-state index contributed by atoms with van der Waals surface area (Å²) in [6.07, 6.45) is 4.25. The first-order chi connectivity index (χ1) is 10.6. The van der Waals surface area contributed by atoms with Gasteiger partial charge >= 0.3 is 0 Å². The molecule has 0 unspecified atom stereocenters. The summed E-state index contributed by atoms with van der Waals surface area (Å²) in [6, 6.07) is 2.11. The first kappa shape index (κ1) is 15.5. The van der Waals surface area contributed by atoms with Gasteiger partial charge in [0.1, 0.15) is 18.0 Å². The van der Waals surface area contributed by atoms with Gasteiger partial charge in [-0.1, -0.05) is 0 Å². The van der Waals surface area contributed by atoms with Gasteiger partial charge in [-0.15, -0.1) is 0 Å². The number of anilines is 2. The van der Waals surface area contributed by atoms with E-state index in [1.807, 2.05) is 0 Å². The Kier molecular flexibility index (Phi) is 4.49. The lowest BCUT2D eigenvalue weighted by Gasteiger charge is -2.43. The maximum absolute atomic E-state index is 6.08. The summed E-state index contributed by atoms with van der Waals surface area (Å²) >= 11 is 0. The molecule has 2 aliphatic rings. The molecule has 2 fully saturated rings. The van der Waals surface area contributed by atoms with E-state index in [2.05, 4.69) is 39.7 Å². The van der Waals surface area contributed by atoms with E-state index < -0.39 is 0 Å². The molecular weight excluding hydrogens is 280 g/mol. The molecule has 3 heterocycles. The average Bonchev–Trinajstić information content (AvgIpc) is 3.00. The lowest BCUT2D eigenvalue weighted by molar-refractivity contribution is -0.106. The van der Waals surface area contributed by atoms with Crippen LogP contribution in [0, 0.1) is 0 Å². The summed E-state index contributed by atoms with van der Waals surface area (Å²) in [4.78, 5) is 13.5. The average molecular weight is 306 g/mol. The standard InChI is InChI=1S/C16H26N4O2/c1-16(2)11-20(9-13(22-16)10-21-3)15-8-14(17-12-18-15)19-6-4-5-7-19/h8,12-13H,4-7,9-11H2,1-3H3/t13-/m1/s1. The molecular formula is C16H26N4O2. The SMILES string of the molecule is COC[C@H]1CN(c2cc(N3CCCC3)ncn2)CC(C)(C)O1. The fourth-order valence-corrected chi connectivity index (χ4v) is 3.37. The molecule has 1 aromatic rings. The van der Waals surface area contributed by atoms with Crippen LogP contribution < -0.4 is 9.80 Å². The lowest BCUT2D eigenvalue weighted by atomic mass is 10.1. The fraction of sp³-hybridized carbons (Fsp3) is 0.750. The summed E-state index contributed by atoms with van der Waals surface area (Å²) in [5.41, 5.74) is -0.208. The highest BCUT2D eigenvalue weighted by Crippen LogP contribution is 2.27. The van der Waals surface area contributed by atoms with Gasteiger partial charge < -0.3 is 19.3 Å². The highest BCUT2D eigenvalue weighted by atomic mass is 16.5. The molecule has 0 saturated carbocycles. The number of morpholine rings is 1. The highest BCUT2D eigenvalue weighted by molar-refractivity contribution is 5.51. The molecule has 0 amide bonds. The van der Waals surface area contributed by atoms with Crippen molar-refractivity contribution < 1.29 is 9.47 Å².